The van der Waals surface area contributed by atoms with Gasteiger partial charge in [-0.2, -0.15) is 8.42 Å². The summed E-state index contributed by atoms with van der Waals surface area (Å²) in [4.78, 5) is 0. The van der Waals surface area contributed by atoms with Crippen LogP contribution in [0.5, 0.6) is 0 Å². The first-order valence-corrected chi connectivity index (χ1v) is 5.57. The minimum Gasteiger partial charge on any atom is -0.270 e. The Balaban J connectivity index is 3.81. The van der Waals surface area contributed by atoms with Gasteiger partial charge in [0.1, 0.15) is 0 Å². The van der Waals surface area contributed by atoms with Crippen LogP contribution in [-0.4, -0.2) is 20.8 Å². The van der Waals surface area contributed by atoms with E-state index in [9.17, 15) is 8.42 Å². The summed E-state index contributed by atoms with van der Waals surface area (Å²) in [6.45, 7) is 7.44. The van der Waals surface area contributed by atoms with Crippen molar-refractivity contribution in [3.63, 3.8) is 0 Å². The third-order valence-corrected chi connectivity index (χ3v) is 2.56. The summed E-state index contributed by atoms with van der Waals surface area (Å²) in [6, 6.07) is 0. The highest BCUT2D eigenvalue weighted by Crippen LogP contribution is 2.01. The van der Waals surface area contributed by atoms with Crippen LogP contribution in [0.25, 0.3) is 0 Å². The van der Waals surface area contributed by atoms with Crippen LogP contribution in [0.4, 0.5) is 0 Å². The van der Waals surface area contributed by atoms with Gasteiger partial charge in [-0.15, -0.1) is 0 Å². The van der Waals surface area contributed by atoms with Gasteiger partial charge >= 0.3 is 0 Å². The summed E-state index contributed by atoms with van der Waals surface area (Å²) in [5.41, 5.74) is 0.603. The molecule has 0 atom stereocenters. The second-order valence-electron chi connectivity index (χ2n) is 2.83. The molecule has 4 heteroatoms. The van der Waals surface area contributed by atoms with E-state index in [4.69, 9.17) is 4.18 Å². The van der Waals surface area contributed by atoms with Crippen molar-refractivity contribution < 1.29 is 12.6 Å². The third kappa shape index (κ3) is 6.37. The highest BCUT2D eigenvalue weighted by atomic mass is 32.2. The van der Waals surface area contributed by atoms with Gasteiger partial charge in [-0.25, -0.2) is 0 Å². The minimum absolute atomic E-state index is 0.0727. The highest BCUT2D eigenvalue weighted by molar-refractivity contribution is 7.86. The summed E-state index contributed by atoms with van der Waals surface area (Å²) >= 11 is 0. The molecule has 0 saturated carbocycles. The monoisotopic (exact) mass is 192 g/mol. The topological polar surface area (TPSA) is 43.4 Å². The largest absolute Gasteiger partial charge is 0.271 e. The zero-order valence-electron chi connectivity index (χ0n) is 7.67. The molecule has 3 nitrogen and oxygen atoms in total. The average molecular weight is 192 g/mol. The van der Waals surface area contributed by atoms with Crippen molar-refractivity contribution in [1.29, 1.82) is 0 Å². The standard InChI is InChI=1S/C8H16O3S/c1-4-5-6-11-12(9,10)7-8(2)3/h2,4-7H2,1,3H3. The van der Waals surface area contributed by atoms with Crippen LogP contribution in [0.2, 0.25) is 0 Å². The molecule has 12 heavy (non-hydrogen) atoms. The van der Waals surface area contributed by atoms with E-state index in [0.717, 1.165) is 12.8 Å². The summed E-state index contributed by atoms with van der Waals surface area (Å²) in [5, 5.41) is 0. The number of rotatable bonds is 6. The molecule has 0 N–H and O–H groups in total. The molecule has 0 heterocycles. The Morgan fingerprint density at radius 2 is 2.08 bits per heavy atom. The molecule has 0 unspecified atom stereocenters. The summed E-state index contributed by atoms with van der Waals surface area (Å²) in [5.74, 6) is -0.0727. The Hall–Kier alpha value is -0.350. The summed E-state index contributed by atoms with van der Waals surface area (Å²) < 4.78 is 26.8. The summed E-state index contributed by atoms with van der Waals surface area (Å²) in [7, 11) is -3.35. The maximum absolute atomic E-state index is 11.0. The lowest BCUT2D eigenvalue weighted by atomic mass is 10.4. The van der Waals surface area contributed by atoms with E-state index in [0.29, 0.717) is 5.57 Å². The van der Waals surface area contributed by atoms with Gasteiger partial charge in [0.15, 0.2) is 0 Å². The normalized spacial score (nSPS) is 11.5. The molecule has 0 aliphatic carbocycles. The van der Waals surface area contributed by atoms with Gasteiger partial charge in [-0.1, -0.05) is 25.5 Å². The van der Waals surface area contributed by atoms with E-state index >= 15 is 0 Å². The van der Waals surface area contributed by atoms with Crippen molar-refractivity contribution in [3.8, 4) is 0 Å². The number of hydrogen-bond donors (Lipinski definition) is 0. The van der Waals surface area contributed by atoms with Crippen molar-refractivity contribution in [3.05, 3.63) is 12.2 Å². The van der Waals surface area contributed by atoms with E-state index in [2.05, 4.69) is 6.58 Å². The second kappa shape index (κ2) is 5.32. The van der Waals surface area contributed by atoms with E-state index in [1.165, 1.54) is 0 Å². The van der Waals surface area contributed by atoms with Crippen LogP contribution in [0.3, 0.4) is 0 Å². The molecule has 0 aromatic heterocycles. The average Bonchev–Trinajstić information content (AvgIpc) is 1.84. The molecule has 0 aliphatic heterocycles. The van der Waals surface area contributed by atoms with Gasteiger partial charge < -0.3 is 0 Å². The quantitative estimate of drug-likeness (QED) is 0.365. The molecule has 0 fully saturated rings. The fraction of sp³-hybridized carbons (Fsp3) is 0.750. The molecule has 0 bridgehead atoms. The van der Waals surface area contributed by atoms with Crippen molar-refractivity contribution >= 4 is 10.1 Å². The van der Waals surface area contributed by atoms with Crippen LogP contribution in [0.15, 0.2) is 12.2 Å². The predicted octanol–water partition coefficient (Wildman–Crippen LogP) is 1.71. The summed E-state index contributed by atoms with van der Waals surface area (Å²) in [6.07, 6.45) is 1.71. The Morgan fingerprint density at radius 1 is 1.50 bits per heavy atom. The predicted molar refractivity (Wildman–Crippen MR) is 49.5 cm³/mol. The van der Waals surface area contributed by atoms with Crippen molar-refractivity contribution in [1.82, 2.24) is 0 Å². The molecular weight excluding hydrogens is 176 g/mol. The minimum atomic E-state index is -3.35. The third-order valence-electron chi connectivity index (χ3n) is 1.18. The molecule has 0 aliphatic rings. The van der Waals surface area contributed by atoms with Gasteiger partial charge in [0.05, 0.1) is 12.4 Å². The van der Waals surface area contributed by atoms with E-state index in [1.807, 2.05) is 6.92 Å². The van der Waals surface area contributed by atoms with Gasteiger partial charge in [0, 0.05) is 0 Å². The zero-order valence-corrected chi connectivity index (χ0v) is 8.49. The Bertz CT molecular complexity index is 229. The Labute approximate surface area is 74.6 Å². The van der Waals surface area contributed by atoms with Crippen molar-refractivity contribution in [2.75, 3.05) is 12.4 Å². The van der Waals surface area contributed by atoms with Crippen LogP contribution in [0.1, 0.15) is 26.7 Å². The molecule has 0 spiro atoms. The molecule has 0 saturated heterocycles. The Morgan fingerprint density at radius 3 is 2.50 bits per heavy atom. The molecular formula is C8H16O3S. The van der Waals surface area contributed by atoms with Crippen LogP contribution < -0.4 is 0 Å². The SMILES string of the molecule is C=C(C)CS(=O)(=O)OCCCC. The lowest BCUT2D eigenvalue weighted by molar-refractivity contribution is 0.312. The first-order chi connectivity index (χ1) is 5.48. The fourth-order valence-corrected chi connectivity index (χ4v) is 1.73. The molecule has 0 amide bonds. The smallest absolute Gasteiger partial charge is 0.270 e. The zero-order chi connectivity index (χ0) is 9.61. The first-order valence-electron chi connectivity index (χ1n) is 3.99. The second-order valence-corrected chi connectivity index (χ2v) is 4.47. The Kier molecular flexibility index (Phi) is 5.17. The first kappa shape index (κ1) is 11.6. The van der Waals surface area contributed by atoms with Crippen LogP contribution in [-0.2, 0) is 14.3 Å². The van der Waals surface area contributed by atoms with Gasteiger partial charge in [0.2, 0.25) is 0 Å². The van der Waals surface area contributed by atoms with Crippen LogP contribution in [0, 0.1) is 0 Å². The maximum atomic E-state index is 11.0. The van der Waals surface area contributed by atoms with Crippen molar-refractivity contribution in [2.45, 2.75) is 26.7 Å². The number of hydrogen-bond acceptors (Lipinski definition) is 3. The maximum Gasteiger partial charge on any atom is 0.271 e. The van der Waals surface area contributed by atoms with Gasteiger partial charge in [-0.05, 0) is 13.3 Å². The molecule has 0 radical (unpaired) electrons. The fourth-order valence-electron chi connectivity index (χ4n) is 0.674. The van der Waals surface area contributed by atoms with E-state index in [-0.39, 0.29) is 12.4 Å². The molecule has 0 rings (SSSR count). The molecule has 72 valence electrons. The van der Waals surface area contributed by atoms with Gasteiger partial charge in [-0.3, -0.25) is 4.18 Å². The molecule has 0 aromatic carbocycles. The van der Waals surface area contributed by atoms with Crippen LogP contribution >= 0.6 is 0 Å². The lowest BCUT2D eigenvalue weighted by Gasteiger charge is -2.03. The van der Waals surface area contributed by atoms with E-state index < -0.39 is 10.1 Å². The lowest BCUT2D eigenvalue weighted by Crippen LogP contribution is -2.11. The van der Waals surface area contributed by atoms with E-state index in [1.54, 1.807) is 6.92 Å². The molecule has 0 aromatic rings. The van der Waals surface area contributed by atoms with Crippen molar-refractivity contribution in [2.24, 2.45) is 0 Å². The van der Waals surface area contributed by atoms with Gasteiger partial charge in [0.25, 0.3) is 10.1 Å². The number of unbranched alkanes of at least 4 members (excludes halogenated alkanes) is 1. The highest BCUT2D eigenvalue weighted by Gasteiger charge is 2.09.